The van der Waals surface area contributed by atoms with Crippen LogP contribution in [0.2, 0.25) is 0 Å². The minimum absolute atomic E-state index is 0.388. The number of anilines is 1. The van der Waals surface area contributed by atoms with Crippen LogP contribution in [-0.4, -0.2) is 0 Å². The third-order valence-corrected chi connectivity index (χ3v) is 2.47. The second kappa shape index (κ2) is 3.93. The molecular weight excluding hydrogens is 208 g/mol. The van der Waals surface area contributed by atoms with Crippen molar-refractivity contribution in [2.75, 3.05) is 5.73 Å². The van der Waals surface area contributed by atoms with Gasteiger partial charge in [0, 0.05) is 17.3 Å². The summed E-state index contributed by atoms with van der Waals surface area (Å²) >= 11 is 0. The van der Waals surface area contributed by atoms with Crippen LogP contribution in [0.1, 0.15) is 5.56 Å². The Morgan fingerprint density at radius 2 is 1.56 bits per heavy atom. The van der Waals surface area contributed by atoms with Gasteiger partial charge in [-0.25, -0.2) is 8.78 Å². The molecule has 0 amide bonds. The average molecular weight is 219 g/mol. The lowest BCUT2D eigenvalue weighted by Crippen LogP contribution is -1.91. The monoisotopic (exact) mass is 219 g/mol. The van der Waals surface area contributed by atoms with E-state index in [0.717, 1.165) is 6.07 Å². The zero-order valence-corrected chi connectivity index (χ0v) is 8.80. The first kappa shape index (κ1) is 10.6. The second-order valence-corrected chi connectivity index (χ2v) is 3.70. The van der Waals surface area contributed by atoms with E-state index < -0.39 is 11.6 Å². The van der Waals surface area contributed by atoms with Crippen LogP contribution in [0.15, 0.2) is 36.4 Å². The number of hydrogen-bond donors (Lipinski definition) is 1. The summed E-state index contributed by atoms with van der Waals surface area (Å²) in [5, 5.41) is 0. The van der Waals surface area contributed by atoms with E-state index in [4.69, 9.17) is 5.73 Å². The molecule has 3 heteroatoms. The quantitative estimate of drug-likeness (QED) is 0.729. The molecule has 0 bridgehead atoms. The molecule has 0 aliphatic rings. The van der Waals surface area contributed by atoms with Crippen LogP contribution >= 0.6 is 0 Å². The van der Waals surface area contributed by atoms with Crippen LogP contribution in [0.4, 0.5) is 14.5 Å². The van der Waals surface area contributed by atoms with Crippen molar-refractivity contribution in [1.29, 1.82) is 0 Å². The molecule has 2 aromatic rings. The van der Waals surface area contributed by atoms with Crippen LogP contribution in [0.5, 0.6) is 0 Å². The second-order valence-electron chi connectivity index (χ2n) is 3.70. The topological polar surface area (TPSA) is 26.0 Å². The van der Waals surface area contributed by atoms with Gasteiger partial charge in [-0.15, -0.1) is 0 Å². The summed E-state index contributed by atoms with van der Waals surface area (Å²) in [5.74, 6) is -1.09. The predicted molar refractivity (Wildman–Crippen MR) is 60.9 cm³/mol. The van der Waals surface area contributed by atoms with Crippen LogP contribution < -0.4 is 5.73 Å². The fourth-order valence-corrected chi connectivity index (χ4v) is 1.54. The molecule has 0 heterocycles. The highest BCUT2D eigenvalue weighted by Gasteiger charge is 2.08. The number of benzene rings is 2. The molecule has 0 unspecified atom stereocenters. The van der Waals surface area contributed by atoms with Crippen molar-refractivity contribution >= 4 is 5.69 Å². The van der Waals surface area contributed by atoms with Gasteiger partial charge in [-0.05, 0) is 36.2 Å². The summed E-state index contributed by atoms with van der Waals surface area (Å²) in [6.07, 6.45) is 0. The van der Waals surface area contributed by atoms with Gasteiger partial charge in [-0.2, -0.15) is 0 Å². The number of halogens is 2. The maximum Gasteiger partial charge on any atom is 0.133 e. The van der Waals surface area contributed by atoms with Gasteiger partial charge in [-0.3, -0.25) is 0 Å². The van der Waals surface area contributed by atoms with E-state index in [0.29, 0.717) is 22.4 Å². The highest BCUT2D eigenvalue weighted by atomic mass is 19.1. The molecule has 0 radical (unpaired) electrons. The van der Waals surface area contributed by atoms with Gasteiger partial charge in [0.25, 0.3) is 0 Å². The Hall–Kier alpha value is -1.90. The summed E-state index contributed by atoms with van der Waals surface area (Å²) in [7, 11) is 0. The third-order valence-electron chi connectivity index (χ3n) is 2.47. The van der Waals surface area contributed by atoms with Crippen molar-refractivity contribution in [3.05, 3.63) is 53.6 Å². The molecule has 2 N–H and O–H groups in total. The van der Waals surface area contributed by atoms with Gasteiger partial charge in [0.05, 0.1) is 0 Å². The largest absolute Gasteiger partial charge is 0.399 e. The van der Waals surface area contributed by atoms with Gasteiger partial charge in [0.15, 0.2) is 0 Å². The minimum Gasteiger partial charge on any atom is -0.399 e. The molecule has 0 aliphatic heterocycles. The Morgan fingerprint density at radius 1 is 0.938 bits per heavy atom. The van der Waals surface area contributed by atoms with Crippen LogP contribution in [0.3, 0.4) is 0 Å². The first-order valence-corrected chi connectivity index (χ1v) is 4.89. The molecule has 0 atom stereocenters. The Morgan fingerprint density at radius 3 is 2.19 bits per heavy atom. The molecule has 1 nitrogen and oxygen atoms in total. The molecule has 0 saturated carbocycles. The molecule has 0 saturated heterocycles. The fraction of sp³-hybridized carbons (Fsp3) is 0.0769. The summed E-state index contributed by atoms with van der Waals surface area (Å²) in [6.45, 7) is 1.61. The van der Waals surface area contributed by atoms with E-state index in [2.05, 4.69) is 0 Å². The lowest BCUT2D eigenvalue weighted by molar-refractivity contribution is 0.579. The Kier molecular flexibility index (Phi) is 2.60. The number of nitrogens with two attached hydrogens (primary N) is 1. The van der Waals surface area contributed by atoms with E-state index in [9.17, 15) is 8.78 Å². The first-order valence-electron chi connectivity index (χ1n) is 4.89. The summed E-state index contributed by atoms with van der Waals surface area (Å²) in [6, 6.07) is 9.20. The van der Waals surface area contributed by atoms with Crippen LogP contribution in [-0.2, 0) is 0 Å². The molecule has 0 aliphatic carbocycles. The first-order chi connectivity index (χ1) is 7.58. The highest BCUT2D eigenvalue weighted by Crippen LogP contribution is 2.26. The molecule has 2 aromatic carbocycles. The maximum absolute atomic E-state index is 13.5. The van der Waals surface area contributed by atoms with Crippen molar-refractivity contribution in [3.8, 4) is 11.1 Å². The zero-order valence-electron chi connectivity index (χ0n) is 8.80. The average Bonchev–Trinajstić information content (AvgIpc) is 2.25. The SMILES string of the molecule is Cc1cc(-c2ccc(N)cc2)c(F)cc1F. The van der Waals surface area contributed by atoms with Crippen LogP contribution in [0.25, 0.3) is 11.1 Å². The Bertz CT molecular complexity index is 518. The fourth-order valence-electron chi connectivity index (χ4n) is 1.54. The molecule has 0 fully saturated rings. The minimum atomic E-state index is -0.562. The van der Waals surface area contributed by atoms with E-state index in [1.165, 1.54) is 6.07 Å². The zero-order chi connectivity index (χ0) is 11.7. The summed E-state index contributed by atoms with van der Waals surface area (Å²) < 4.78 is 26.6. The number of rotatable bonds is 1. The third kappa shape index (κ3) is 1.89. The van der Waals surface area contributed by atoms with E-state index in [1.54, 1.807) is 31.2 Å². The Labute approximate surface area is 92.5 Å². The van der Waals surface area contributed by atoms with Crippen molar-refractivity contribution in [2.45, 2.75) is 6.92 Å². The summed E-state index contributed by atoms with van der Waals surface area (Å²) in [5.41, 5.74) is 7.66. The molecule has 2 rings (SSSR count). The Balaban J connectivity index is 2.56. The van der Waals surface area contributed by atoms with Gasteiger partial charge in [0.2, 0.25) is 0 Å². The van der Waals surface area contributed by atoms with Gasteiger partial charge in [0.1, 0.15) is 11.6 Å². The van der Waals surface area contributed by atoms with E-state index in [-0.39, 0.29) is 0 Å². The summed E-state index contributed by atoms with van der Waals surface area (Å²) in [4.78, 5) is 0. The molecular formula is C13H11F2N. The van der Waals surface area contributed by atoms with Crippen LogP contribution in [0, 0.1) is 18.6 Å². The number of hydrogen-bond acceptors (Lipinski definition) is 1. The van der Waals surface area contributed by atoms with E-state index >= 15 is 0 Å². The predicted octanol–water partition coefficient (Wildman–Crippen LogP) is 3.52. The van der Waals surface area contributed by atoms with Crippen molar-refractivity contribution in [3.63, 3.8) is 0 Å². The van der Waals surface area contributed by atoms with Gasteiger partial charge >= 0.3 is 0 Å². The van der Waals surface area contributed by atoms with Crippen molar-refractivity contribution in [2.24, 2.45) is 0 Å². The maximum atomic E-state index is 13.5. The lowest BCUT2D eigenvalue weighted by atomic mass is 10.0. The van der Waals surface area contributed by atoms with Gasteiger partial charge < -0.3 is 5.73 Å². The molecule has 0 spiro atoms. The van der Waals surface area contributed by atoms with Gasteiger partial charge in [-0.1, -0.05) is 12.1 Å². The van der Waals surface area contributed by atoms with Crippen molar-refractivity contribution < 1.29 is 8.78 Å². The standard InChI is InChI=1S/C13H11F2N/c1-8-6-11(13(15)7-12(8)14)9-2-4-10(16)5-3-9/h2-7H,16H2,1H3. The number of nitrogen functional groups attached to an aromatic ring is 1. The smallest absolute Gasteiger partial charge is 0.133 e. The van der Waals surface area contributed by atoms with E-state index in [1.807, 2.05) is 0 Å². The number of aryl methyl sites for hydroxylation is 1. The highest BCUT2D eigenvalue weighted by molar-refractivity contribution is 5.66. The molecule has 82 valence electrons. The van der Waals surface area contributed by atoms with Crippen molar-refractivity contribution in [1.82, 2.24) is 0 Å². The molecule has 16 heavy (non-hydrogen) atoms. The molecule has 0 aromatic heterocycles. The lowest BCUT2D eigenvalue weighted by Gasteiger charge is -2.06. The normalized spacial score (nSPS) is 10.4.